The number of hydrogen-bond acceptors (Lipinski definition) is 6. The maximum Gasteiger partial charge on any atom is 0.296 e. The summed E-state index contributed by atoms with van der Waals surface area (Å²) in [6.07, 6.45) is 0. The van der Waals surface area contributed by atoms with Gasteiger partial charge in [-0.2, -0.15) is 0 Å². The Morgan fingerprint density at radius 3 is 2.57 bits per heavy atom. The van der Waals surface area contributed by atoms with Crippen LogP contribution in [-0.2, 0) is 6.61 Å². The van der Waals surface area contributed by atoms with Gasteiger partial charge in [-0.25, -0.2) is 4.39 Å². The van der Waals surface area contributed by atoms with Gasteiger partial charge < -0.3 is 13.7 Å². The molecular formula is C28H18ClFN2O5. The van der Waals surface area contributed by atoms with Gasteiger partial charge in [-0.1, -0.05) is 47.1 Å². The van der Waals surface area contributed by atoms with Crippen LogP contribution < -0.4 is 15.1 Å². The molecule has 6 rings (SSSR count). The van der Waals surface area contributed by atoms with Gasteiger partial charge in [-0.3, -0.25) is 14.5 Å². The fourth-order valence-electron chi connectivity index (χ4n) is 4.49. The molecule has 0 spiro atoms. The van der Waals surface area contributed by atoms with Crippen LogP contribution in [0.2, 0.25) is 5.02 Å². The number of carbonyl (C=O) groups is 1. The molecule has 1 atom stereocenters. The first kappa shape index (κ1) is 23.0. The average molecular weight is 517 g/mol. The van der Waals surface area contributed by atoms with Gasteiger partial charge in [0.25, 0.3) is 5.91 Å². The quantitative estimate of drug-likeness (QED) is 0.276. The van der Waals surface area contributed by atoms with Crippen molar-refractivity contribution >= 4 is 34.3 Å². The molecule has 0 unspecified atom stereocenters. The molecule has 2 aromatic heterocycles. The third-order valence-corrected chi connectivity index (χ3v) is 6.61. The van der Waals surface area contributed by atoms with Crippen molar-refractivity contribution in [3.05, 3.63) is 122 Å². The van der Waals surface area contributed by atoms with Crippen molar-refractivity contribution in [3.8, 4) is 5.75 Å². The number of benzene rings is 3. The van der Waals surface area contributed by atoms with E-state index in [0.29, 0.717) is 22.1 Å². The molecule has 0 fully saturated rings. The summed E-state index contributed by atoms with van der Waals surface area (Å²) in [5.74, 6) is 0.0543. The normalized spacial score (nSPS) is 14.8. The summed E-state index contributed by atoms with van der Waals surface area (Å²) < 4.78 is 30.9. The van der Waals surface area contributed by atoms with E-state index in [1.807, 2.05) is 18.2 Å². The Labute approximate surface area is 214 Å². The predicted molar refractivity (Wildman–Crippen MR) is 135 cm³/mol. The predicted octanol–water partition coefficient (Wildman–Crippen LogP) is 6.21. The highest BCUT2D eigenvalue weighted by Gasteiger charge is 2.45. The third-order valence-electron chi connectivity index (χ3n) is 6.24. The Balaban J connectivity index is 1.43. The lowest BCUT2D eigenvalue weighted by molar-refractivity contribution is 0.0969. The van der Waals surface area contributed by atoms with Gasteiger partial charge in [0.05, 0.1) is 17.0 Å². The van der Waals surface area contributed by atoms with Crippen molar-refractivity contribution in [1.82, 2.24) is 5.16 Å². The maximum atomic E-state index is 14.0. The van der Waals surface area contributed by atoms with Crippen LogP contribution in [0.3, 0.4) is 0 Å². The Bertz CT molecular complexity index is 1730. The fraction of sp³-hybridized carbons (Fsp3) is 0.107. The van der Waals surface area contributed by atoms with Gasteiger partial charge in [0.1, 0.15) is 29.5 Å². The highest BCUT2D eigenvalue weighted by Crippen LogP contribution is 2.41. The molecule has 0 bridgehead atoms. The van der Waals surface area contributed by atoms with Gasteiger partial charge in [0.15, 0.2) is 11.2 Å². The zero-order chi connectivity index (χ0) is 25.7. The van der Waals surface area contributed by atoms with Crippen LogP contribution in [0.25, 0.3) is 11.0 Å². The number of ether oxygens (including phenoxy) is 1. The van der Waals surface area contributed by atoms with E-state index < -0.39 is 23.2 Å². The summed E-state index contributed by atoms with van der Waals surface area (Å²) in [4.78, 5) is 28.4. The van der Waals surface area contributed by atoms with E-state index in [9.17, 15) is 14.0 Å². The van der Waals surface area contributed by atoms with E-state index in [4.69, 9.17) is 25.3 Å². The highest BCUT2D eigenvalue weighted by molar-refractivity contribution is 6.31. The molecule has 9 heteroatoms. The van der Waals surface area contributed by atoms with Crippen molar-refractivity contribution in [3.63, 3.8) is 0 Å². The second kappa shape index (κ2) is 8.90. The zero-order valence-corrected chi connectivity index (χ0v) is 20.2. The number of rotatable bonds is 5. The molecule has 0 saturated heterocycles. The van der Waals surface area contributed by atoms with Crippen LogP contribution in [-0.4, -0.2) is 11.1 Å². The number of halogens is 2. The van der Waals surface area contributed by atoms with Crippen molar-refractivity contribution < 1.29 is 22.9 Å². The first-order chi connectivity index (χ1) is 17.9. The lowest BCUT2D eigenvalue weighted by Crippen LogP contribution is -2.29. The van der Waals surface area contributed by atoms with Crippen molar-refractivity contribution in [1.29, 1.82) is 0 Å². The van der Waals surface area contributed by atoms with Crippen molar-refractivity contribution in [2.75, 3.05) is 4.90 Å². The second-order valence-corrected chi connectivity index (χ2v) is 9.04. The molecule has 1 aliphatic heterocycles. The number of nitrogens with zero attached hydrogens (tertiary/aromatic N) is 2. The SMILES string of the molecule is Cc1cc(N2C(=O)c3oc4ccc(F)cc4c(=O)c3[C@@H]2c2ccc(OCc3ccccc3Cl)cc2)no1. The van der Waals surface area contributed by atoms with Crippen LogP contribution in [0.4, 0.5) is 10.2 Å². The molecule has 1 aliphatic rings. The highest BCUT2D eigenvalue weighted by atomic mass is 35.5. The lowest BCUT2D eigenvalue weighted by Gasteiger charge is -2.22. The fourth-order valence-corrected chi connectivity index (χ4v) is 4.68. The van der Waals surface area contributed by atoms with E-state index in [0.717, 1.165) is 11.6 Å². The number of aromatic nitrogens is 1. The van der Waals surface area contributed by atoms with Crippen molar-refractivity contribution in [2.45, 2.75) is 19.6 Å². The average Bonchev–Trinajstić information content (AvgIpc) is 3.45. The van der Waals surface area contributed by atoms with Crippen LogP contribution in [0.5, 0.6) is 5.75 Å². The molecule has 5 aromatic rings. The molecule has 3 heterocycles. The molecule has 0 N–H and O–H groups in total. The van der Waals surface area contributed by atoms with E-state index in [1.54, 1.807) is 43.3 Å². The Morgan fingerprint density at radius 2 is 1.84 bits per heavy atom. The maximum absolute atomic E-state index is 14.0. The first-order valence-electron chi connectivity index (χ1n) is 11.4. The summed E-state index contributed by atoms with van der Waals surface area (Å²) in [6.45, 7) is 1.97. The number of hydrogen-bond donors (Lipinski definition) is 0. The van der Waals surface area contributed by atoms with E-state index in [2.05, 4.69) is 5.16 Å². The molecule has 184 valence electrons. The molecule has 37 heavy (non-hydrogen) atoms. The summed E-state index contributed by atoms with van der Waals surface area (Å²) in [5.41, 5.74) is 1.19. The standard InChI is InChI=1S/C28H18ClFN2O5/c1-15-12-23(31-37-15)32-25(16-6-9-19(10-7-16)35-14-17-4-2-3-5-21(17)29)24-26(33)20-13-18(30)8-11-22(20)36-27(24)28(32)34/h2-13,25H,14H2,1H3/t25-/m0/s1. The first-order valence-corrected chi connectivity index (χ1v) is 11.8. The minimum Gasteiger partial charge on any atom is -0.489 e. The smallest absolute Gasteiger partial charge is 0.296 e. The van der Waals surface area contributed by atoms with Gasteiger partial charge in [-0.05, 0) is 48.9 Å². The number of carbonyl (C=O) groups excluding carboxylic acids is 1. The molecule has 7 nitrogen and oxygen atoms in total. The van der Waals surface area contributed by atoms with E-state index in [-0.39, 0.29) is 34.7 Å². The summed E-state index contributed by atoms with van der Waals surface area (Å²) in [5, 5.41) is 4.65. The Kier molecular flexibility index (Phi) is 5.53. The Morgan fingerprint density at radius 1 is 1.05 bits per heavy atom. The summed E-state index contributed by atoms with van der Waals surface area (Å²) in [7, 11) is 0. The molecule has 1 amide bonds. The topological polar surface area (TPSA) is 85.8 Å². The summed E-state index contributed by atoms with van der Waals surface area (Å²) in [6, 6.07) is 18.7. The van der Waals surface area contributed by atoms with Gasteiger partial charge in [-0.15, -0.1) is 0 Å². The second-order valence-electron chi connectivity index (χ2n) is 8.64. The number of anilines is 1. The van der Waals surface area contributed by atoms with Crippen LogP contribution in [0, 0.1) is 12.7 Å². The van der Waals surface area contributed by atoms with Crippen LogP contribution in [0.1, 0.15) is 39.0 Å². The largest absolute Gasteiger partial charge is 0.489 e. The van der Waals surface area contributed by atoms with Crippen LogP contribution in [0.15, 0.2) is 86.5 Å². The summed E-state index contributed by atoms with van der Waals surface area (Å²) >= 11 is 6.21. The Hall–Kier alpha value is -4.43. The third kappa shape index (κ3) is 3.95. The van der Waals surface area contributed by atoms with Gasteiger partial charge in [0.2, 0.25) is 5.76 Å². The van der Waals surface area contributed by atoms with E-state index >= 15 is 0 Å². The molecule has 0 saturated carbocycles. The minimum absolute atomic E-state index is 0.0504. The molecular weight excluding hydrogens is 499 g/mol. The molecule has 0 radical (unpaired) electrons. The number of fused-ring (bicyclic) bond motifs is 2. The van der Waals surface area contributed by atoms with E-state index in [1.165, 1.54) is 17.0 Å². The molecule has 0 aliphatic carbocycles. The lowest BCUT2D eigenvalue weighted by atomic mass is 9.98. The zero-order valence-electron chi connectivity index (χ0n) is 19.4. The molecule has 3 aromatic carbocycles. The van der Waals surface area contributed by atoms with Gasteiger partial charge in [0, 0.05) is 16.7 Å². The van der Waals surface area contributed by atoms with Gasteiger partial charge >= 0.3 is 0 Å². The van der Waals surface area contributed by atoms with Crippen LogP contribution >= 0.6 is 11.6 Å². The minimum atomic E-state index is -0.867. The number of aryl methyl sites for hydroxylation is 1. The van der Waals surface area contributed by atoms with Crippen molar-refractivity contribution in [2.24, 2.45) is 0 Å². The monoisotopic (exact) mass is 516 g/mol. The number of amides is 1.